The number of hydrogen-bond donors (Lipinski definition) is 2. The number of aromatic hydroxyl groups is 1. The van der Waals surface area contributed by atoms with Crippen LogP contribution in [0.5, 0.6) is 5.75 Å². The van der Waals surface area contributed by atoms with E-state index in [0.717, 1.165) is 20.9 Å². The van der Waals surface area contributed by atoms with Gasteiger partial charge in [0, 0.05) is 5.69 Å². The Labute approximate surface area is 137 Å². The molecule has 0 fully saturated rings. The van der Waals surface area contributed by atoms with Crippen LogP contribution in [0.25, 0.3) is 26.5 Å². The molecule has 114 valence electrons. The van der Waals surface area contributed by atoms with Crippen molar-refractivity contribution in [3.63, 3.8) is 0 Å². The molecule has 0 aliphatic heterocycles. The molecule has 4 nitrogen and oxygen atoms in total. The standard InChI is InChI=1S/C18H15N3OS/c1-11-6-8-12(9-7-11)21-10-14(22)16(17(21)19)18-20-13-4-2-3-5-15(13)23-18/h2-10,22H,19H2,1H3. The van der Waals surface area contributed by atoms with Gasteiger partial charge in [0.05, 0.1) is 22.0 Å². The Morgan fingerprint density at radius 1 is 1.09 bits per heavy atom. The number of nitrogens with two attached hydrogens (primary N) is 1. The average Bonchev–Trinajstić information content (AvgIpc) is 3.08. The number of fused-ring (bicyclic) bond motifs is 1. The summed E-state index contributed by atoms with van der Waals surface area (Å²) in [5.41, 5.74) is 9.89. The van der Waals surface area contributed by atoms with Gasteiger partial charge in [-0.15, -0.1) is 11.3 Å². The lowest BCUT2D eigenvalue weighted by Crippen LogP contribution is -1.99. The highest BCUT2D eigenvalue weighted by Crippen LogP contribution is 2.41. The van der Waals surface area contributed by atoms with Crippen LogP contribution in [-0.2, 0) is 0 Å². The number of thiazole rings is 1. The van der Waals surface area contributed by atoms with E-state index in [-0.39, 0.29) is 5.75 Å². The Kier molecular flexibility index (Phi) is 3.09. The molecule has 4 rings (SSSR count). The fourth-order valence-electron chi connectivity index (χ4n) is 2.63. The van der Waals surface area contributed by atoms with Crippen LogP contribution in [0.1, 0.15) is 5.56 Å². The maximum Gasteiger partial charge on any atom is 0.146 e. The Morgan fingerprint density at radius 3 is 2.57 bits per heavy atom. The summed E-state index contributed by atoms with van der Waals surface area (Å²) < 4.78 is 2.86. The molecule has 2 aromatic heterocycles. The largest absolute Gasteiger partial charge is 0.506 e. The van der Waals surface area contributed by atoms with E-state index in [4.69, 9.17) is 5.73 Å². The fourth-order valence-corrected chi connectivity index (χ4v) is 3.65. The smallest absolute Gasteiger partial charge is 0.146 e. The molecular formula is C18H15N3OS. The number of para-hydroxylation sites is 1. The van der Waals surface area contributed by atoms with Crippen molar-refractivity contribution in [1.29, 1.82) is 0 Å². The minimum atomic E-state index is 0.141. The molecule has 0 amide bonds. The van der Waals surface area contributed by atoms with Crippen molar-refractivity contribution in [3.05, 3.63) is 60.3 Å². The first-order valence-corrected chi connectivity index (χ1v) is 8.08. The molecule has 0 bridgehead atoms. The zero-order valence-corrected chi connectivity index (χ0v) is 13.3. The Morgan fingerprint density at radius 2 is 1.83 bits per heavy atom. The second kappa shape index (κ2) is 5.14. The molecule has 0 aliphatic rings. The first-order valence-electron chi connectivity index (χ1n) is 7.26. The third kappa shape index (κ3) is 2.26. The molecule has 2 heterocycles. The van der Waals surface area contributed by atoms with Crippen molar-refractivity contribution in [2.45, 2.75) is 6.92 Å². The summed E-state index contributed by atoms with van der Waals surface area (Å²) in [7, 11) is 0. The third-order valence-electron chi connectivity index (χ3n) is 3.84. The molecule has 0 radical (unpaired) electrons. The summed E-state index contributed by atoms with van der Waals surface area (Å²) in [4.78, 5) is 4.59. The van der Waals surface area contributed by atoms with Gasteiger partial charge in [0.25, 0.3) is 0 Å². The highest BCUT2D eigenvalue weighted by Gasteiger charge is 2.19. The minimum absolute atomic E-state index is 0.141. The Bertz CT molecular complexity index is 966. The molecule has 5 heteroatoms. The maximum atomic E-state index is 10.4. The third-order valence-corrected chi connectivity index (χ3v) is 4.90. The van der Waals surface area contributed by atoms with Gasteiger partial charge < -0.3 is 10.8 Å². The zero-order chi connectivity index (χ0) is 16.0. The summed E-state index contributed by atoms with van der Waals surface area (Å²) in [6.45, 7) is 2.03. The number of nitrogens with zero attached hydrogens (tertiary/aromatic N) is 2. The molecule has 2 aromatic carbocycles. The van der Waals surface area contributed by atoms with Crippen molar-refractivity contribution in [2.75, 3.05) is 5.73 Å². The highest BCUT2D eigenvalue weighted by atomic mass is 32.1. The topological polar surface area (TPSA) is 64.1 Å². The van der Waals surface area contributed by atoms with E-state index in [2.05, 4.69) is 4.98 Å². The van der Waals surface area contributed by atoms with E-state index >= 15 is 0 Å². The number of benzene rings is 2. The van der Waals surface area contributed by atoms with Crippen molar-refractivity contribution >= 4 is 27.4 Å². The van der Waals surface area contributed by atoms with Crippen LogP contribution in [0.4, 0.5) is 5.82 Å². The predicted octanol–water partition coefficient (Wildman–Crippen LogP) is 4.35. The summed E-state index contributed by atoms with van der Waals surface area (Å²) in [6, 6.07) is 15.9. The summed E-state index contributed by atoms with van der Waals surface area (Å²) in [5.74, 6) is 0.632. The predicted molar refractivity (Wildman–Crippen MR) is 95.2 cm³/mol. The number of nitrogen functional groups attached to an aromatic ring is 1. The Hall–Kier alpha value is -2.79. The van der Waals surface area contributed by atoms with Crippen molar-refractivity contribution in [2.24, 2.45) is 0 Å². The molecule has 0 spiro atoms. The molecular weight excluding hydrogens is 306 g/mol. The SMILES string of the molecule is Cc1ccc(-n2cc(O)c(-c3nc4ccccc4s3)c2N)cc1. The van der Waals surface area contributed by atoms with E-state index < -0.39 is 0 Å². The summed E-state index contributed by atoms with van der Waals surface area (Å²) in [6.07, 6.45) is 1.64. The lowest BCUT2D eigenvalue weighted by atomic mass is 10.2. The summed E-state index contributed by atoms with van der Waals surface area (Å²) in [5, 5.41) is 11.1. The van der Waals surface area contributed by atoms with Gasteiger partial charge >= 0.3 is 0 Å². The molecule has 23 heavy (non-hydrogen) atoms. The second-order valence-electron chi connectivity index (χ2n) is 5.47. The van der Waals surface area contributed by atoms with Gasteiger partial charge in [-0.3, -0.25) is 4.57 Å². The van der Waals surface area contributed by atoms with Crippen LogP contribution in [0.15, 0.2) is 54.7 Å². The molecule has 3 N–H and O–H groups in total. The number of aryl methyl sites for hydroxylation is 1. The zero-order valence-electron chi connectivity index (χ0n) is 12.5. The van der Waals surface area contributed by atoms with Crippen molar-refractivity contribution < 1.29 is 5.11 Å². The maximum absolute atomic E-state index is 10.4. The molecule has 0 saturated heterocycles. The first kappa shape index (κ1) is 13.8. The van der Waals surface area contributed by atoms with Gasteiger partial charge in [-0.2, -0.15) is 0 Å². The van der Waals surface area contributed by atoms with Crippen molar-refractivity contribution in [3.8, 4) is 22.0 Å². The van der Waals surface area contributed by atoms with Gasteiger partial charge in [0.2, 0.25) is 0 Å². The van der Waals surface area contributed by atoms with Gasteiger partial charge in [0.15, 0.2) is 0 Å². The van der Waals surface area contributed by atoms with Crippen LogP contribution in [0, 0.1) is 6.92 Å². The summed E-state index contributed by atoms with van der Waals surface area (Å²) >= 11 is 1.53. The number of rotatable bonds is 2. The number of aromatic nitrogens is 2. The van der Waals surface area contributed by atoms with Crippen LogP contribution < -0.4 is 5.73 Å². The molecule has 0 atom stereocenters. The molecule has 0 unspecified atom stereocenters. The minimum Gasteiger partial charge on any atom is -0.506 e. The fraction of sp³-hybridized carbons (Fsp3) is 0.0556. The van der Waals surface area contributed by atoms with Crippen LogP contribution in [0.2, 0.25) is 0 Å². The number of hydrogen-bond acceptors (Lipinski definition) is 4. The lowest BCUT2D eigenvalue weighted by Gasteiger charge is -2.06. The first-order chi connectivity index (χ1) is 11.1. The van der Waals surface area contributed by atoms with Gasteiger partial charge in [-0.25, -0.2) is 4.98 Å². The van der Waals surface area contributed by atoms with E-state index in [1.807, 2.05) is 55.5 Å². The number of anilines is 1. The van der Waals surface area contributed by atoms with E-state index in [1.165, 1.54) is 16.9 Å². The second-order valence-corrected chi connectivity index (χ2v) is 6.50. The van der Waals surface area contributed by atoms with Crippen molar-refractivity contribution in [1.82, 2.24) is 9.55 Å². The average molecular weight is 321 g/mol. The van der Waals surface area contributed by atoms with Gasteiger partial charge in [-0.05, 0) is 31.2 Å². The lowest BCUT2D eigenvalue weighted by molar-refractivity contribution is 0.477. The highest BCUT2D eigenvalue weighted by molar-refractivity contribution is 7.21. The van der Waals surface area contributed by atoms with Gasteiger partial charge in [-0.1, -0.05) is 29.8 Å². The van der Waals surface area contributed by atoms with Gasteiger partial charge in [0.1, 0.15) is 16.6 Å². The molecule has 0 saturated carbocycles. The molecule has 4 aromatic rings. The van der Waals surface area contributed by atoms with E-state index in [9.17, 15) is 5.11 Å². The monoisotopic (exact) mass is 321 g/mol. The van der Waals surface area contributed by atoms with Crippen LogP contribution in [0.3, 0.4) is 0 Å². The quantitative estimate of drug-likeness (QED) is 0.577. The van der Waals surface area contributed by atoms with Crippen LogP contribution >= 0.6 is 11.3 Å². The molecule has 0 aliphatic carbocycles. The Balaban J connectivity index is 1.88. The van der Waals surface area contributed by atoms with E-state index in [0.29, 0.717) is 11.4 Å². The van der Waals surface area contributed by atoms with Crippen LogP contribution in [-0.4, -0.2) is 14.7 Å². The van der Waals surface area contributed by atoms with E-state index in [1.54, 1.807) is 10.8 Å². The normalized spacial score (nSPS) is 11.2.